The van der Waals surface area contributed by atoms with Gasteiger partial charge in [0.05, 0.1) is 19.8 Å². The largest absolute Gasteiger partial charge is 0.378 e. The molecule has 0 heterocycles. The molecule has 0 rings (SSSR count). The van der Waals surface area contributed by atoms with Crippen molar-refractivity contribution in [3.05, 3.63) is 0 Å². The van der Waals surface area contributed by atoms with Crippen LogP contribution < -0.4 is 21.7 Å². The summed E-state index contributed by atoms with van der Waals surface area (Å²) < 4.78 is 5.08. The fourth-order valence-electron chi connectivity index (χ4n) is 4.56. The molecule has 0 aromatic carbocycles. The first-order valence-electron chi connectivity index (χ1n) is 18.3. The summed E-state index contributed by atoms with van der Waals surface area (Å²) in [6.07, 6.45) is 4.54. The quantitative estimate of drug-likeness (QED) is 0.0256. The Morgan fingerprint density at radius 2 is 0.811 bits per heavy atom. The molecule has 9 N–H and O–H groups in total. The summed E-state index contributed by atoms with van der Waals surface area (Å²) in [5.74, 6) is -3.21. The van der Waals surface area contributed by atoms with Gasteiger partial charge in [0.15, 0.2) is 0 Å². The zero-order valence-corrected chi connectivity index (χ0v) is 31.1. The van der Waals surface area contributed by atoms with E-state index in [0.717, 1.165) is 0 Å². The molecular formula is C33H62N8O12. The Morgan fingerprint density at radius 1 is 0.472 bits per heavy atom. The number of ether oxygens (including phenoxy) is 1. The van der Waals surface area contributed by atoms with Crippen LogP contribution in [0.25, 0.3) is 0 Å². The van der Waals surface area contributed by atoms with E-state index in [-0.39, 0.29) is 89.0 Å². The van der Waals surface area contributed by atoms with Crippen molar-refractivity contribution in [1.29, 1.82) is 0 Å². The van der Waals surface area contributed by atoms with Crippen molar-refractivity contribution in [3.8, 4) is 0 Å². The molecule has 0 atom stereocenters. The standard InChI is InChI=1S/C33H62N8O12/c1-27(42)38(49)21-8-2-5-18-35-28(43)11-14-31(46)39(50)22-9-3-6-19-36-29(44)12-15-32(47)40(51)23-10-4-7-20-37-30(45)13-16-33(48)41(52)24-26-53-25-17-34/h49-52H,2-26,34H2,1H3,(H,35,43)(H,36,44)(H,37,45). The maximum atomic E-state index is 12.1. The van der Waals surface area contributed by atoms with Gasteiger partial charge >= 0.3 is 0 Å². The molecule has 0 saturated heterocycles. The monoisotopic (exact) mass is 762 g/mol. The van der Waals surface area contributed by atoms with Gasteiger partial charge in [-0.2, -0.15) is 0 Å². The molecular weight excluding hydrogens is 700 g/mol. The van der Waals surface area contributed by atoms with Crippen LogP contribution in [0.15, 0.2) is 0 Å². The highest BCUT2D eigenvalue weighted by Crippen LogP contribution is 2.04. The van der Waals surface area contributed by atoms with E-state index in [4.69, 9.17) is 10.5 Å². The highest BCUT2D eigenvalue weighted by Gasteiger charge is 2.15. The first-order valence-corrected chi connectivity index (χ1v) is 18.3. The van der Waals surface area contributed by atoms with Crippen LogP contribution in [0.5, 0.6) is 0 Å². The molecule has 0 aliphatic carbocycles. The van der Waals surface area contributed by atoms with Crippen molar-refractivity contribution in [2.75, 3.05) is 65.6 Å². The zero-order valence-electron chi connectivity index (χ0n) is 31.1. The van der Waals surface area contributed by atoms with Gasteiger partial charge in [0, 0.05) is 91.3 Å². The van der Waals surface area contributed by atoms with Crippen molar-refractivity contribution in [2.45, 2.75) is 103 Å². The van der Waals surface area contributed by atoms with Crippen LogP contribution in [0.3, 0.4) is 0 Å². The zero-order chi connectivity index (χ0) is 39.9. The summed E-state index contributed by atoms with van der Waals surface area (Å²) in [6, 6.07) is 0. The lowest BCUT2D eigenvalue weighted by Gasteiger charge is -2.15. The van der Waals surface area contributed by atoms with Crippen LogP contribution in [0.4, 0.5) is 0 Å². The second-order valence-electron chi connectivity index (χ2n) is 12.3. The molecule has 0 aromatic rings. The third kappa shape index (κ3) is 28.3. The summed E-state index contributed by atoms with van der Waals surface area (Å²) in [5.41, 5.74) is 5.28. The molecule has 0 spiro atoms. The summed E-state index contributed by atoms with van der Waals surface area (Å²) in [6.45, 7) is 3.47. The SMILES string of the molecule is CC(=O)N(O)CCCCCNC(=O)CCC(=O)N(O)CCCCCNC(=O)CCC(=O)N(O)CCCCCNC(=O)CCC(=O)N(O)CCOCCN. The Morgan fingerprint density at radius 3 is 1.15 bits per heavy atom. The van der Waals surface area contributed by atoms with Crippen molar-refractivity contribution in [1.82, 2.24) is 36.2 Å². The number of unbranched alkanes of at least 4 members (excludes halogenated alkanes) is 6. The molecule has 0 saturated carbocycles. The second kappa shape index (κ2) is 31.6. The number of hydrogen-bond acceptors (Lipinski definition) is 13. The number of nitrogens with two attached hydrogens (primary N) is 1. The third-order valence-electron chi connectivity index (χ3n) is 7.74. The summed E-state index contributed by atoms with van der Waals surface area (Å²) in [5, 5.41) is 49.1. The number of hydrogen-bond donors (Lipinski definition) is 8. The Kier molecular flexibility index (Phi) is 29.2. The van der Waals surface area contributed by atoms with E-state index in [1.165, 1.54) is 6.92 Å². The van der Waals surface area contributed by atoms with Crippen LogP contribution in [-0.4, -0.2) is 148 Å². The van der Waals surface area contributed by atoms with Gasteiger partial charge in [0.25, 0.3) is 0 Å². The van der Waals surface area contributed by atoms with E-state index in [2.05, 4.69) is 16.0 Å². The van der Waals surface area contributed by atoms with E-state index in [1.807, 2.05) is 0 Å². The Bertz CT molecular complexity index is 1100. The predicted molar refractivity (Wildman–Crippen MR) is 188 cm³/mol. The molecule has 0 aromatic heterocycles. The lowest BCUT2D eigenvalue weighted by molar-refractivity contribution is -0.168. The normalized spacial score (nSPS) is 10.7. The Labute approximate surface area is 311 Å². The third-order valence-corrected chi connectivity index (χ3v) is 7.74. The van der Waals surface area contributed by atoms with Gasteiger partial charge in [-0.25, -0.2) is 20.3 Å². The van der Waals surface area contributed by atoms with Gasteiger partial charge in [0.1, 0.15) is 0 Å². The number of carbonyl (C=O) groups excluding carboxylic acids is 7. The lowest BCUT2D eigenvalue weighted by atomic mass is 10.2. The van der Waals surface area contributed by atoms with Crippen LogP contribution in [0.2, 0.25) is 0 Å². The molecule has 0 radical (unpaired) electrons. The molecule has 53 heavy (non-hydrogen) atoms. The highest BCUT2D eigenvalue weighted by atomic mass is 16.5. The molecule has 0 aliphatic rings. The molecule has 20 heteroatoms. The predicted octanol–water partition coefficient (Wildman–Crippen LogP) is 0.0529. The number of nitrogens with one attached hydrogen (secondary N) is 3. The van der Waals surface area contributed by atoms with Crippen molar-refractivity contribution >= 4 is 41.4 Å². The molecule has 0 fully saturated rings. The molecule has 306 valence electrons. The number of nitrogens with zero attached hydrogens (tertiary/aromatic N) is 4. The van der Waals surface area contributed by atoms with E-state index >= 15 is 0 Å². The van der Waals surface area contributed by atoms with Gasteiger partial charge in [-0.15, -0.1) is 0 Å². The van der Waals surface area contributed by atoms with E-state index < -0.39 is 23.6 Å². The topological polar surface area (TPSA) is 285 Å². The van der Waals surface area contributed by atoms with Gasteiger partial charge in [-0.1, -0.05) is 0 Å². The molecule has 7 amide bonds. The summed E-state index contributed by atoms with van der Waals surface area (Å²) in [4.78, 5) is 82.9. The number of rotatable bonds is 32. The first kappa shape index (κ1) is 49.0. The Hall–Kier alpha value is -3.95. The smallest absolute Gasteiger partial charge is 0.246 e. The molecule has 0 unspecified atom stereocenters. The van der Waals surface area contributed by atoms with Gasteiger partial charge in [0.2, 0.25) is 41.4 Å². The van der Waals surface area contributed by atoms with Crippen molar-refractivity contribution in [2.24, 2.45) is 5.73 Å². The minimum absolute atomic E-state index is 0.0209. The minimum Gasteiger partial charge on any atom is -0.378 e. The van der Waals surface area contributed by atoms with Gasteiger partial charge in [-0.3, -0.25) is 54.4 Å². The Balaban J connectivity index is 3.81. The van der Waals surface area contributed by atoms with E-state index in [0.29, 0.717) is 111 Å². The average Bonchev–Trinajstić information content (AvgIpc) is 3.13. The lowest BCUT2D eigenvalue weighted by Crippen LogP contribution is -2.33. The number of amides is 7. The summed E-state index contributed by atoms with van der Waals surface area (Å²) in [7, 11) is 0. The molecule has 20 nitrogen and oxygen atoms in total. The van der Waals surface area contributed by atoms with Gasteiger partial charge < -0.3 is 26.4 Å². The van der Waals surface area contributed by atoms with Crippen molar-refractivity contribution in [3.63, 3.8) is 0 Å². The maximum absolute atomic E-state index is 12.1. The number of hydroxylamine groups is 8. The van der Waals surface area contributed by atoms with E-state index in [9.17, 15) is 54.4 Å². The maximum Gasteiger partial charge on any atom is 0.246 e. The first-order chi connectivity index (χ1) is 25.3. The van der Waals surface area contributed by atoms with Crippen LogP contribution in [0, 0.1) is 0 Å². The van der Waals surface area contributed by atoms with Crippen LogP contribution in [-0.2, 0) is 38.3 Å². The molecule has 0 bridgehead atoms. The van der Waals surface area contributed by atoms with Crippen molar-refractivity contribution < 1.29 is 59.1 Å². The fraction of sp³-hybridized carbons (Fsp3) is 0.788. The average molecular weight is 763 g/mol. The molecule has 0 aliphatic heterocycles. The number of carbonyl (C=O) groups is 7. The van der Waals surface area contributed by atoms with Gasteiger partial charge in [-0.05, 0) is 57.8 Å². The van der Waals surface area contributed by atoms with E-state index in [1.54, 1.807) is 0 Å². The highest BCUT2D eigenvalue weighted by molar-refractivity contribution is 5.84. The van der Waals surface area contributed by atoms with Crippen LogP contribution in [0.1, 0.15) is 103 Å². The fourth-order valence-corrected chi connectivity index (χ4v) is 4.56. The van der Waals surface area contributed by atoms with Crippen LogP contribution >= 0.6 is 0 Å². The second-order valence-corrected chi connectivity index (χ2v) is 12.3. The summed E-state index contributed by atoms with van der Waals surface area (Å²) >= 11 is 0. The minimum atomic E-state index is -0.595.